The molecule has 2 unspecified atom stereocenters. The molecule has 0 bridgehead atoms. The van der Waals surface area contributed by atoms with Crippen LogP contribution in [-0.4, -0.2) is 40.3 Å². The van der Waals surface area contributed by atoms with Crippen LogP contribution in [0.1, 0.15) is 25.6 Å². The van der Waals surface area contributed by atoms with Crippen LogP contribution in [0.4, 0.5) is 14.5 Å². The average molecular weight is 381 g/mol. The highest BCUT2D eigenvalue weighted by molar-refractivity contribution is 5.94. The van der Waals surface area contributed by atoms with Gasteiger partial charge < -0.3 is 19.9 Å². The molecular weight excluding hydrogens is 360 g/mol. The first-order chi connectivity index (χ1) is 12.9. The van der Waals surface area contributed by atoms with Gasteiger partial charge in [0.15, 0.2) is 17.4 Å². The van der Waals surface area contributed by atoms with Gasteiger partial charge in [0, 0.05) is 0 Å². The zero-order chi connectivity index (χ0) is 19.8. The van der Waals surface area contributed by atoms with Crippen molar-refractivity contribution in [2.75, 3.05) is 12.4 Å². The van der Waals surface area contributed by atoms with Crippen molar-refractivity contribution in [1.29, 1.82) is 0 Å². The Balaban J connectivity index is 0.000000223. The van der Waals surface area contributed by atoms with Gasteiger partial charge in [-0.05, 0) is 31.9 Å². The van der Waals surface area contributed by atoms with E-state index >= 15 is 0 Å². The molecule has 1 aromatic carbocycles. The van der Waals surface area contributed by atoms with Crippen LogP contribution in [0.2, 0.25) is 0 Å². The fraction of sp³-hybridized carbons (Fsp3) is 0.389. The zero-order valence-electron chi connectivity index (χ0n) is 15.0. The molecule has 0 aliphatic carbocycles. The molecule has 7 nitrogen and oxygen atoms in total. The van der Waals surface area contributed by atoms with Crippen LogP contribution in [0.5, 0.6) is 5.75 Å². The number of nitrogens with one attached hydrogen (secondary N) is 1. The van der Waals surface area contributed by atoms with Crippen molar-refractivity contribution in [3.05, 3.63) is 48.1 Å². The highest BCUT2D eigenvalue weighted by atomic mass is 19.2. The number of hydrogen-bond acceptors (Lipinski definition) is 6. The second-order valence-electron chi connectivity index (χ2n) is 5.80. The van der Waals surface area contributed by atoms with Crippen LogP contribution in [-0.2, 0) is 16.1 Å². The molecule has 0 saturated carbocycles. The molecule has 2 aromatic rings. The number of nitrogens with zero attached hydrogens (tertiary/aromatic N) is 2. The van der Waals surface area contributed by atoms with Crippen molar-refractivity contribution >= 4 is 11.6 Å². The fourth-order valence-electron chi connectivity index (χ4n) is 2.36. The molecule has 9 heteroatoms. The van der Waals surface area contributed by atoms with Crippen molar-refractivity contribution < 1.29 is 28.2 Å². The van der Waals surface area contributed by atoms with Crippen molar-refractivity contribution in [3.63, 3.8) is 0 Å². The fourth-order valence-corrected chi connectivity index (χ4v) is 2.36. The summed E-state index contributed by atoms with van der Waals surface area (Å²) >= 11 is 0. The van der Waals surface area contributed by atoms with E-state index in [9.17, 15) is 13.6 Å². The van der Waals surface area contributed by atoms with E-state index in [2.05, 4.69) is 20.0 Å². The third-order valence-electron chi connectivity index (χ3n) is 3.77. The first-order valence-corrected chi connectivity index (χ1v) is 8.30. The van der Waals surface area contributed by atoms with Crippen LogP contribution in [0, 0.1) is 11.6 Å². The first-order valence-electron chi connectivity index (χ1n) is 8.30. The minimum absolute atomic E-state index is 0.0694. The summed E-state index contributed by atoms with van der Waals surface area (Å²) < 4.78 is 34.8. The normalized spacial score (nSPS) is 18.4. The van der Waals surface area contributed by atoms with E-state index in [0.717, 1.165) is 18.9 Å². The van der Waals surface area contributed by atoms with Crippen molar-refractivity contribution in [2.45, 2.75) is 38.6 Å². The minimum atomic E-state index is -0.940. The molecule has 1 aromatic heterocycles. The van der Waals surface area contributed by atoms with E-state index in [4.69, 9.17) is 9.84 Å². The van der Waals surface area contributed by atoms with Gasteiger partial charge in [0.05, 0.1) is 31.3 Å². The Morgan fingerprint density at radius 2 is 2.04 bits per heavy atom. The van der Waals surface area contributed by atoms with Crippen molar-refractivity contribution in [2.24, 2.45) is 0 Å². The molecule has 0 spiro atoms. The van der Waals surface area contributed by atoms with Crippen LogP contribution < -0.4 is 10.1 Å². The molecule has 1 fully saturated rings. The quantitative estimate of drug-likeness (QED) is 0.845. The van der Waals surface area contributed by atoms with Gasteiger partial charge >= 0.3 is 0 Å². The number of anilines is 1. The van der Waals surface area contributed by atoms with Crippen molar-refractivity contribution in [3.8, 4) is 5.75 Å². The number of ether oxygens (including phenoxy) is 2. The highest BCUT2D eigenvalue weighted by Crippen LogP contribution is 2.20. The molecule has 1 saturated heterocycles. The standard InChI is InChI=1S/C11H15N3O3.C7H6F2O/c1-7-2-3-9(17-7)11(16)14-8-4-12-10(6-15)13-5-8;1-10-6-4-2-3-5(8)7(6)9/h4-5,7,9,15H,2-3,6H2,1H3,(H,14,16);2-4H,1H3. The Kier molecular flexibility index (Phi) is 7.56. The summed E-state index contributed by atoms with van der Waals surface area (Å²) in [5.74, 6) is -1.74. The third-order valence-corrected chi connectivity index (χ3v) is 3.77. The number of carbonyl (C=O) groups excluding carboxylic acids is 1. The minimum Gasteiger partial charge on any atom is -0.494 e. The SMILES string of the molecule is CC1CCC(C(=O)Nc2cnc(CO)nc2)O1.COc1cccc(F)c1F. The number of hydrogen-bond donors (Lipinski definition) is 2. The van der Waals surface area contributed by atoms with E-state index < -0.39 is 11.6 Å². The molecule has 0 radical (unpaired) electrons. The Labute approximate surface area is 155 Å². The molecule has 27 heavy (non-hydrogen) atoms. The number of halogens is 2. The maximum Gasteiger partial charge on any atom is 0.253 e. The van der Waals surface area contributed by atoms with E-state index in [1.807, 2.05) is 6.92 Å². The highest BCUT2D eigenvalue weighted by Gasteiger charge is 2.28. The van der Waals surface area contributed by atoms with Gasteiger partial charge in [-0.25, -0.2) is 14.4 Å². The number of aromatic nitrogens is 2. The van der Waals surface area contributed by atoms with Gasteiger partial charge in [0.1, 0.15) is 12.7 Å². The van der Waals surface area contributed by atoms with Gasteiger partial charge in [0.25, 0.3) is 5.91 Å². The molecule has 1 aliphatic rings. The lowest BCUT2D eigenvalue weighted by Gasteiger charge is -2.11. The third kappa shape index (κ3) is 5.93. The summed E-state index contributed by atoms with van der Waals surface area (Å²) in [6, 6.07) is 3.79. The Bertz CT molecular complexity index is 759. The van der Waals surface area contributed by atoms with E-state index in [1.54, 1.807) is 0 Å². The molecule has 3 rings (SSSR count). The van der Waals surface area contributed by atoms with Gasteiger partial charge in [-0.3, -0.25) is 4.79 Å². The molecule has 2 heterocycles. The van der Waals surface area contributed by atoms with Gasteiger partial charge in [-0.1, -0.05) is 6.07 Å². The molecular formula is C18H21F2N3O4. The van der Waals surface area contributed by atoms with E-state index in [1.165, 1.54) is 31.6 Å². The Hall–Kier alpha value is -2.65. The summed E-state index contributed by atoms with van der Waals surface area (Å²) in [4.78, 5) is 19.5. The lowest BCUT2D eigenvalue weighted by molar-refractivity contribution is -0.126. The number of aliphatic hydroxyl groups is 1. The number of aliphatic hydroxyl groups excluding tert-OH is 1. The van der Waals surface area contributed by atoms with E-state index in [0.29, 0.717) is 11.5 Å². The lowest BCUT2D eigenvalue weighted by atomic mass is 10.2. The number of carbonyl (C=O) groups is 1. The van der Waals surface area contributed by atoms with Gasteiger partial charge in [-0.15, -0.1) is 0 Å². The second-order valence-corrected chi connectivity index (χ2v) is 5.80. The topological polar surface area (TPSA) is 93.6 Å². The molecule has 1 amide bonds. The van der Waals surface area contributed by atoms with Crippen molar-refractivity contribution in [1.82, 2.24) is 9.97 Å². The zero-order valence-corrected chi connectivity index (χ0v) is 15.0. The number of rotatable bonds is 4. The molecule has 2 N–H and O–H groups in total. The maximum atomic E-state index is 12.5. The summed E-state index contributed by atoms with van der Waals surface area (Å²) in [6.07, 6.45) is 4.32. The lowest BCUT2D eigenvalue weighted by Crippen LogP contribution is -2.27. The summed E-state index contributed by atoms with van der Waals surface area (Å²) in [5.41, 5.74) is 0.510. The summed E-state index contributed by atoms with van der Waals surface area (Å²) in [7, 11) is 1.29. The number of methoxy groups -OCH3 is 1. The maximum absolute atomic E-state index is 12.5. The number of benzene rings is 1. The molecule has 2 atom stereocenters. The second kappa shape index (κ2) is 9.89. The Morgan fingerprint density at radius 1 is 1.33 bits per heavy atom. The van der Waals surface area contributed by atoms with Gasteiger partial charge in [0.2, 0.25) is 5.82 Å². The molecule has 1 aliphatic heterocycles. The first kappa shape index (κ1) is 20.7. The predicted molar refractivity (Wildman–Crippen MR) is 93.1 cm³/mol. The number of amides is 1. The Morgan fingerprint density at radius 3 is 2.56 bits per heavy atom. The predicted octanol–water partition coefficient (Wildman–Crippen LogP) is 2.45. The van der Waals surface area contributed by atoms with Crippen LogP contribution >= 0.6 is 0 Å². The largest absolute Gasteiger partial charge is 0.494 e. The van der Waals surface area contributed by atoms with E-state index in [-0.39, 0.29) is 30.5 Å². The smallest absolute Gasteiger partial charge is 0.253 e. The monoisotopic (exact) mass is 381 g/mol. The summed E-state index contributed by atoms with van der Waals surface area (Å²) in [5, 5.41) is 11.5. The summed E-state index contributed by atoms with van der Waals surface area (Å²) in [6.45, 7) is 1.74. The molecule has 146 valence electrons. The van der Waals surface area contributed by atoms with Crippen LogP contribution in [0.15, 0.2) is 30.6 Å². The van der Waals surface area contributed by atoms with Crippen LogP contribution in [0.3, 0.4) is 0 Å². The van der Waals surface area contributed by atoms with Gasteiger partial charge in [-0.2, -0.15) is 4.39 Å². The average Bonchev–Trinajstić information content (AvgIpc) is 3.12. The van der Waals surface area contributed by atoms with Crippen LogP contribution in [0.25, 0.3) is 0 Å².